The lowest BCUT2D eigenvalue weighted by molar-refractivity contribution is -0.138. The highest BCUT2D eigenvalue weighted by Gasteiger charge is 2.33. The van der Waals surface area contributed by atoms with Gasteiger partial charge in [-0.25, -0.2) is 4.39 Å². The summed E-state index contributed by atoms with van der Waals surface area (Å²) in [5.74, 6) is -0.306. The second-order valence-corrected chi connectivity index (χ2v) is 5.85. The molecule has 26 heavy (non-hydrogen) atoms. The number of anilines is 1. The van der Waals surface area contributed by atoms with Crippen LogP contribution in [0, 0.1) is 12.7 Å². The summed E-state index contributed by atoms with van der Waals surface area (Å²) in [4.78, 5) is 4.41. The van der Waals surface area contributed by atoms with E-state index < -0.39 is 17.6 Å². The van der Waals surface area contributed by atoms with E-state index in [2.05, 4.69) is 10.3 Å². The van der Waals surface area contributed by atoms with Gasteiger partial charge in [0.15, 0.2) is 0 Å². The number of aromatic nitrogens is 1. The van der Waals surface area contributed by atoms with Crippen molar-refractivity contribution in [2.45, 2.75) is 19.6 Å². The van der Waals surface area contributed by atoms with Crippen LogP contribution in [0.4, 0.5) is 23.2 Å². The molecule has 0 unspecified atom stereocenters. The minimum absolute atomic E-state index is 0.0376. The molecule has 2 aromatic carbocycles. The highest BCUT2D eigenvalue weighted by atomic mass is 19.4. The Morgan fingerprint density at radius 3 is 2.54 bits per heavy atom. The lowest BCUT2D eigenvalue weighted by Crippen LogP contribution is -2.12. The number of hydrogen-bond donors (Lipinski definition) is 1. The number of methoxy groups -OCH3 is 1. The Morgan fingerprint density at radius 2 is 1.85 bits per heavy atom. The molecular formula is C19H16F4N2O. The van der Waals surface area contributed by atoms with Crippen molar-refractivity contribution in [3.05, 3.63) is 65.1 Å². The van der Waals surface area contributed by atoms with Crippen molar-refractivity contribution in [1.29, 1.82) is 0 Å². The van der Waals surface area contributed by atoms with E-state index in [1.165, 1.54) is 7.11 Å². The fourth-order valence-corrected chi connectivity index (χ4v) is 2.77. The fraction of sp³-hybridized carbons (Fsp3) is 0.211. The number of nitrogens with one attached hydrogen (secondary N) is 1. The first-order valence-electron chi connectivity index (χ1n) is 7.83. The van der Waals surface area contributed by atoms with E-state index in [0.717, 1.165) is 23.2 Å². The number of halogens is 4. The van der Waals surface area contributed by atoms with Crippen molar-refractivity contribution in [2.75, 3.05) is 12.4 Å². The van der Waals surface area contributed by atoms with E-state index in [9.17, 15) is 17.6 Å². The minimum Gasteiger partial charge on any atom is -0.497 e. The molecular weight excluding hydrogens is 348 g/mol. The van der Waals surface area contributed by atoms with Crippen molar-refractivity contribution in [3.8, 4) is 5.75 Å². The van der Waals surface area contributed by atoms with Gasteiger partial charge in [-0.3, -0.25) is 4.98 Å². The third-order valence-electron chi connectivity index (χ3n) is 3.99. The molecule has 0 amide bonds. The maximum atomic E-state index is 13.2. The number of fused-ring (bicyclic) bond motifs is 1. The molecule has 136 valence electrons. The monoisotopic (exact) mass is 364 g/mol. The number of pyridine rings is 1. The predicted molar refractivity (Wildman–Crippen MR) is 91.8 cm³/mol. The van der Waals surface area contributed by atoms with Crippen molar-refractivity contribution >= 4 is 16.6 Å². The summed E-state index contributed by atoms with van der Waals surface area (Å²) < 4.78 is 57.9. The summed E-state index contributed by atoms with van der Waals surface area (Å²) in [5, 5.41) is 3.74. The van der Waals surface area contributed by atoms with Crippen LogP contribution < -0.4 is 10.1 Å². The second-order valence-electron chi connectivity index (χ2n) is 5.85. The summed E-state index contributed by atoms with van der Waals surface area (Å²) in [6.07, 6.45) is -4.63. The molecule has 1 aromatic heterocycles. The zero-order chi connectivity index (χ0) is 18.9. The molecule has 0 aliphatic carbocycles. The van der Waals surface area contributed by atoms with Gasteiger partial charge in [-0.05, 0) is 48.9 Å². The Morgan fingerprint density at radius 1 is 1.08 bits per heavy atom. The van der Waals surface area contributed by atoms with E-state index in [4.69, 9.17) is 4.74 Å². The van der Waals surface area contributed by atoms with Gasteiger partial charge in [-0.15, -0.1) is 0 Å². The molecule has 3 aromatic rings. The minimum atomic E-state index is -4.63. The highest BCUT2D eigenvalue weighted by molar-refractivity contribution is 5.92. The summed E-state index contributed by atoms with van der Waals surface area (Å²) in [6.45, 7) is 1.69. The maximum Gasteiger partial charge on any atom is 0.416 e. The first-order chi connectivity index (χ1) is 12.3. The van der Waals surface area contributed by atoms with Gasteiger partial charge < -0.3 is 10.1 Å². The van der Waals surface area contributed by atoms with Crippen LogP contribution in [0.3, 0.4) is 0 Å². The molecule has 0 bridgehead atoms. The van der Waals surface area contributed by atoms with E-state index in [1.807, 2.05) is 0 Å². The smallest absolute Gasteiger partial charge is 0.416 e. The molecule has 3 nitrogen and oxygen atoms in total. The van der Waals surface area contributed by atoms with Crippen molar-refractivity contribution in [2.24, 2.45) is 0 Å². The number of benzene rings is 2. The van der Waals surface area contributed by atoms with Gasteiger partial charge in [0.25, 0.3) is 0 Å². The van der Waals surface area contributed by atoms with Gasteiger partial charge in [0.05, 0.1) is 18.2 Å². The van der Waals surface area contributed by atoms with Crippen LogP contribution in [0.15, 0.2) is 42.5 Å². The molecule has 1 heterocycles. The number of rotatable bonds is 4. The van der Waals surface area contributed by atoms with Crippen molar-refractivity contribution in [1.82, 2.24) is 4.98 Å². The molecule has 0 saturated carbocycles. The number of aryl methyl sites for hydroxylation is 1. The van der Waals surface area contributed by atoms with Gasteiger partial charge in [0.1, 0.15) is 11.6 Å². The van der Waals surface area contributed by atoms with Gasteiger partial charge in [0, 0.05) is 23.3 Å². The zero-order valence-corrected chi connectivity index (χ0v) is 14.1. The average Bonchev–Trinajstić information content (AvgIpc) is 2.59. The molecule has 0 fully saturated rings. The van der Waals surface area contributed by atoms with Crippen LogP contribution in [0.5, 0.6) is 5.75 Å². The Labute approximate surface area is 147 Å². The van der Waals surface area contributed by atoms with Gasteiger partial charge in [0.2, 0.25) is 0 Å². The number of nitrogens with zero attached hydrogens (tertiary/aromatic N) is 1. The lowest BCUT2D eigenvalue weighted by Gasteiger charge is -2.16. The Hall–Kier alpha value is -2.83. The predicted octanol–water partition coefficient (Wildman–Crippen LogP) is 5.32. The van der Waals surface area contributed by atoms with Crippen molar-refractivity contribution < 1.29 is 22.3 Å². The van der Waals surface area contributed by atoms with Crippen LogP contribution >= 0.6 is 0 Å². The Kier molecular flexibility index (Phi) is 4.71. The number of ether oxygens (including phenoxy) is 1. The van der Waals surface area contributed by atoms with E-state index >= 15 is 0 Å². The van der Waals surface area contributed by atoms with E-state index in [1.54, 1.807) is 31.2 Å². The zero-order valence-electron chi connectivity index (χ0n) is 14.1. The third kappa shape index (κ3) is 3.71. The molecule has 3 rings (SSSR count). The van der Waals surface area contributed by atoms with Crippen LogP contribution in [-0.2, 0) is 12.7 Å². The van der Waals surface area contributed by atoms with Gasteiger partial charge >= 0.3 is 6.18 Å². The largest absolute Gasteiger partial charge is 0.497 e. The standard InChI is InChI=1S/C19H16F4N2O/c1-11-7-18(15-9-14(26-2)5-6-17(15)25-11)24-10-12-3-4-13(20)8-16(12)19(21,22)23/h3-9H,10H2,1-2H3,(H,24,25). The van der Waals surface area contributed by atoms with Crippen LogP contribution in [0.1, 0.15) is 16.8 Å². The quantitative estimate of drug-likeness (QED) is 0.636. The summed E-state index contributed by atoms with van der Waals surface area (Å²) in [6, 6.07) is 9.73. The number of hydrogen-bond acceptors (Lipinski definition) is 3. The lowest BCUT2D eigenvalue weighted by atomic mass is 10.1. The Bertz CT molecular complexity index is 954. The first kappa shape index (κ1) is 18.0. The maximum absolute atomic E-state index is 13.2. The molecule has 0 spiro atoms. The summed E-state index contributed by atoms with van der Waals surface area (Å²) in [5.41, 5.74) is 1.02. The van der Waals surface area contributed by atoms with E-state index in [0.29, 0.717) is 23.0 Å². The number of alkyl halides is 3. The van der Waals surface area contributed by atoms with Crippen LogP contribution in [0.2, 0.25) is 0 Å². The van der Waals surface area contributed by atoms with Gasteiger partial charge in [-0.1, -0.05) is 6.07 Å². The normalized spacial score (nSPS) is 11.6. The molecule has 0 aliphatic heterocycles. The van der Waals surface area contributed by atoms with Crippen molar-refractivity contribution in [3.63, 3.8) is 0 Å². The topological polar surface area (TPSA) is 34.1 Å². The summed E-state index contributed by atoms with van der Waals surface area (Å²) in [7, 11) is 1.53. The highest BCUT2D eigenvalue weighted by Crippen LogP contribution is 2.33. The van der Waals surface area contributed by atoms with Gasteiger partial charge in [-0.2, -0.15) is 13.2 Å². The average molecular weight is 364 g/mol. The van der Waals surface area contributed by atoms with Crippen LogP contribution in [-0.4, -0.2) is 12.1 Å². The molecule has 0 atom stereocenters. The molecule has 1 N–H and O–H groups in total. The molecule has 0 radical (unpaired) electrons. The molecule has 0 aliphatic rings. The Balaban J connectivity index is 1.98. The van der Waals surface area contributed by atoms with Crippen LogP contribution in [0.25, 0.3) is 10.9 Å². The van der Waals surface area contributed by atoms with E-state index in [-0.39, 0.29) is 12.1 Å². The molecule has 7 heteroatoms. The third-order valence-corrected chi connectivity index (χ3v) is 3.99. The fourth-order valence-electron chi connectivity index (χ4n) is 2.77. The molecule has 0 saturated heterocycles. The second kappa shape index (κ2) is 6.82. The summed E-state index contributed by atoms with van der Waals surface area (Å²) >= 11 is 0. The first-order valence-corrected chi connectivity index (χ1v) is 7.83. The SMILES string of the molecule is COc1ccc2nc(C)cc(NCc3ccc(F)cc3C(F)(F)F)c2c1.